The van der Waals surface area contributed by atoms with E-state index < -0.39 is 4.92 Å². The number of pyridine rings is 1. The molecule has 2 rings (SSSR count). The summed E-state index contributed by atoms with van der Waals surface area (Å²) in [6.07, 6.45) is 5.39. The molecule has 1 heterocycles. The van der Waals surface area contributed by atoms with Gasteiger partial charge < -0.3 is 5.21 Å². The van der Waals surface area contributed by atoms with E-state index in [9.17, 15) is 15.3 Å². The molecular formula is C14H16N2O3. The van der Waals surface area contributed by atoms with Crippen molar-refractivity contribution >= 4 is 16.6 Å². The van der Waals surface area contributed by atoms with Crippen molar-refractivity contribution in [2.45, 2.75) is 32.6 Å². The van der Waals surface area contributed by atoms with Crippen molar-refractivity contribution in [3.8, 4) is 0 Å². The van der Waals surface area contributed by atoms with Gasteiger partial charge in [-0.25, -0.2) is 0 Å². The van der Waals surface area contributed by atoms with Gasteiger partial charge in [0.1, 0.15) is 5.39 Å². The SMILES string of the molecule is CCCCCc1ccc2c(c1)c([N+](=O)[O-])cc[n+]2[O-]. The van der Waals surface area contributed by atoms with Crippen LogP contribution >= 0.6 is 0 Å². The van der Waals surface area contributed by atoms with Crippen molar-refractivity contribution < 1.29 is 9.65 Å². The number of hydrogen-bond donors (Lipinski definition) is 0. The molecule has 1 aromatic carbocycles. The van der Waals surface area contributed by atoms with Gasteiger partial charge in [-0.15, -0.1) is 0 Å². The van der Waals surface area contributed by atoms with Crippen LogP contribution < -0.4 is 4.73 Å². The van der Waals surface area contributed by atoms with Crippen LogP contribution in [0.2, 0.25) is 0 Å². The molecule has 0 spiro atoms. The third-order valence-electron chi connectivity index (χ3n) is 3.21. The van der Waals surface area contributed by atoms with Crippen LogP contribution in [0.3, 0.4) is 0 Å². The Kier molecular flexibility index (Phi) is 3.94. The van der Waals surface area contributed by atoms with Crippen LogP contribution in [-0.2, 0) is 6.42 Å². The number of aryl methyl sites for hydroxylation is 1. The molecule has 19 heavy (non-hydrogen) atoms. The number of unbranched alkanes of at least 4 members (excludes halogenated alkanes) is 2. The first kappa shape index (κ1) is 13.3. The maximum atomic E-state index is 11.6. The Bertz CT molecular complexity index is 611. The lowest BCUT2D eigenvalue weighted by Crippen LogP contribution is -2.26. The molecule has 5 nitrogen and oxygen atoms in total. The van der Waals surface area contributed by atoms with E-state index in [4.69, 9.17) is 0 Å². The molecule has 0 saturated heterocycles. The summed E-state index contributed by atoms with van der Waals surface area (Å²) >= 11 is 0. The molecular weight excluding hydrogens is 244 g/mol. The standard InChI is InChI=1S/C14H16N2O3/c1-2-3-4-5-11-6-7-13-12(10-11)14(16(18)19)8-9-15(13)17/h6-10H,2-5H2,1H3. The Morgan fingerprint density at radius 2 is 2.05 bits per heavy atom. The Morgan fingerprint density at radius 3 is 2.74 bits per heavy atom. The zero-order chi connectivity index (χ0) is 13.8. The van der Waals surface area contributed by atoms with E-state index in [0.29, 0.717) is 15.6 Å². The first-order chi connectivity index (χ1) is 9.13. The molecule has 0 N–H and O–H groups in total. The predicted octanol–water partition coefficient (Wildman–Crippen LogP) is 3.11. The zero-order valence-corrected chi connectivity index (χ0v) is 10.8. The molecule has 0 atom stereocenters. The Morgan fingerprint density at radius 1 is 1.26 bits per heavy atom. The number of nitro groups is 1. The fourth-order valence-corrected chi connectivity index (χ4v) is 2.18. The Balaban J connectivity index is 2.44. The van der Waals surface area contributed by atoms with Crippen LogP contribution in [0.1, 0.15) is 31.7 Å². The second-order valence-electron chi connectivity index (χ2n) is 4.59. The maximum Gasteiger partial charge on any atom is 0.289 e. The van der Waals surface area contributed by atoms with Crippen LogP contribution in [-0.4, -0.2) is 4.92 Å². The quantitative estimate of drug-likeness (QED) is 0.272. The molecule has 0 aliphatic rings. The molecule has 2 aromatic rings. The lowest BCUT2D eigenvalue weighted by atomic mass is 10.0. The largest absolute Gasteiger partial charge is 0.618 e. The zero-order valence-electron chi connectivity index (χ0n) is 10.8. The molecule has 5 heteroatoms. The minimum Gasteiger partial charge on any atom is -0.618 e. The predicted molar refractivity (Wildman–Crippen MR) is 72.8 cm³/mol. The van der Waals surface area contributed by atoms with Crippen molar-refractivity contribution in [2.24, 2.45) is 0 Å². The molecule has 0 radical (unpaired) electrons. The number of nitrogens with zero attached hydrogens (tertiary/aromatic N) is 2. The fraction of sp³-hybridized carbons (Fsp3) is 0.357. The average Bonchev–Trinajstić information content (AvgIpc) is 2.39. The highest BCUT2D eigenvalue weighted by Gasteiger charge is 2.17. The van der Waals surface area contributed by atoms with Gasteiger partial charge in [0.05, 0.1) is 11.0 Å². The van der Waals surface area contributed by atoms with Crippen LogP contribution in [0.5, 0.6) is 0 Å². The lowest BCUT2D eigenvalue weighted by Gasteiger charge is -2.05. The van der Waals surface area contributed by atoms with E-state index in [1.54, 1.807) is 12.1 Å². The normalized spacial score (nSPS) is 10.8. The number of hydrogen-bond acceptors (Lipinski definition) is 3. The van der Waals surface area contributed by atoms with Gasteiger partial charge in [-0.1, -0.05) is 25.8 Å². The van der Waals surface area contributed by atoms with Crippen LogP contribution in [0.15, 0.2) is 30.5 Å². The van der Waals surface area contributed by atoms with Crippen molar-refractivity contribution in [3.05, 3.63) is 51.3 Å². The summed E-state index contributed by atoms with van der Waals surface area (Å²) in [6, 6.07) is 6.55. The minimum atomic E-state index is -0.446. The van der Waals surface area contributed by atoms with Crippen molar-refractivity contribution in [3.63, 3.8) is 0 Å². The van der Waals surface area contributed by atoms with Crippen LogP contribution in [0.25, 0.3) is 10.9 Å². The van der Waals surface area contributed by atoms with Crippen molar-refractivity contribution in [1.82, 2.24) is 0 Å². The highest BCUT2D eigenvalue weighted by atomic mass is 16.6. The van der Waals surface area contributed by atoms with Gasteiger partial charge in [-0.3, -0.25) is 10.1 Å². The topological polar surface area (TPSA) is 70.1 Å². The molecule has 0 aliphatic heterocycles. The van der Waals surface area contributed by atoms with Gasteiger partial charge in [0.2, 0.25) is 5.52 Å². The highest BCUT2D eigenvalue weighted by Crippen LogP contribution is 2.24. The van der Waals surface area contributed by atoms with Crippen LogP contribution in [0, 0.1) is 15.3 Å². The van der Waals surface area contributed by atoms with Gasteiger partial charge >= 0.3 is 0 Å². The molecule has 0 fully saturated rings. The molecule has 1 aromatic heterocycles. The first-order valence-electron chi connectivity index (χ1n) is 6.42. The van der Waals surface area contributed by atoms with Gasteiger partial charge in [-0.2, -0.15) is 4.73 Å². The lowest BCUT2D eigenvalue weighted by molar-refractivity contribution is -0.577. The summed E-state index contributed by atoms with van der Waals surface area (Å²) in [7, 11) is 0. The number of fused-ring (bicyclic) bond motifs is 1. The molecule has 0 unspecified atom stereocenters. The molecule has 0 bridgehead atoms. The van der Waals surface area contributed by atoms with Gasteiger partial charge in [0, 0.05) is 6.07 Å². The van der Waals surface area contributed by atoms with Gasteiger partial charge in [-0.05, 0) is 24.5 Å². The van der Waals surface area contributed by atoms with Crippen molar-refractivity contribution in [2.75, 3.05) is 0 Å². The summed E-state index contributed by atoms with van der Waals surface area (Å²) in [5.41, 5.74) is 1.36. The second-order valence-corrected chi connectivity index (χ2v) is 4.59. The fourth-order valence-electron chi connectivity index (χ4n) is 2.18. The van der Waals surface area contributed by atoms with Gasteiger partial charge in [0.15, 0.2) is 6.20 Å². The monoisotopic (exact) mass is 260 g/mol. The smallest absolute Gasteiger partial charge is 0.289 e. The molecule has 0 amide bonds. The Hall–Kier alpha value is -2.17. The third-order valence-corrected chi connectivity index (χ3v) is 3.21. The van der Waals surface area contributed by atoms with Gasteiger partial charge in [0.25, 0.3) is 5.69 Å². The van der Waals surface area contributed by atoms with E-state index in [1.165, 1.54) is 12.3 Å². The van der Waals surface area contributed by atoms with E-state index >= 15 is 0 Å². The summed E-state index contributed by atoms with van der Waals surface area (Å²) in [5, 5.41) is 23.0. The van der Waals surface area contributed by atoms with Crippen LogP contribution in [0.4, 0.5) is 5.69 Å². The summed E-state index contributed by atoms with van der Waals surface area (Å²) in [4.78, 5) is 10.5. The number of aromatic nitrogens is 1. The Labute approximate surface area is 111 Å². The summed E-state index contributed by atoms with van der Waals surface area (Å²) in [5.74, 6) is 0. The molecule has 0 aliphatic carbocycles. The highest BCUT2D eigenvalue weighted by molar-refractivity contribution is 5.85. The number of benzene rings is 1. The third kappa shape index (κ3) is 2.81. The minimum absolute atomic E-state index is 0.0144. The summed E-state index contributed by atoms with van der Waals surface area (Å²) in [6.45, 7) is 2.13. The number of rotatable bonds is 5. The summed E-state index contributed by atoms with van der Waals surface area (Å²) < 4.78 is 0.665. The average molecular weight is 260 g/mol. The second kappa shape index (κ2) is 5.65. The van der Waals surface area contributed by atoms with Crippen molar-refractivity contribution in [1.29, 1.82) is 0 Å². The maximum absolute atomic E-state index is 11.6. The van der Waals surface area contributed by atoms with E-state index in [-0.39, 0.29) is 5.69 Å². The van der Waals surface area contributed by atoms with E-state index in [0.717, 1.165) is 31.2 Å². The first-order valence-corrected chi connectivity index (χ1v) is 6.42. The van der Waals surface area contributed by atoms with E-state index in [1.807, 2.05) is 6.07 Å². The molecule has 100 valence electrons. The molecule has 0 saturated carbocycles. The van der Waals surface area contributed by atoms with E-state index in [2.05, 4.69) is 6.92 Å².